The molecule has 0 spiro atoms. The molecule has 170 valence electrons. The monoisotopic (exact) mass is 546 g/mol. The number of anilines is 2. The number of fused-ring (bicyclic) bond motifs is 1. The third-order valence-corrected chi connectivity index (χ3v) is 7.75. The number of aromatic nitrogens is 2. The van der Waals surface area contributed by atoms with Gasteiger partial charge in [-0.15, -0.1) is 0 Å². The number of rotatable bonds is 5. The van der Waals surface area contributed by atoms with Gasteiger partial charge in [0, 0.05) is 12.4 Å². The number of benzene rings is 2. The van der Waals surface area contributed by atoms with E-state index in [1.165, 1.54) is 43.8 Å². The molecular formula is C19H10Cl4N4O5S. The van der Waals surface area contributed by atoms with Crippen molar-refractivity contribution in [1.82, 2.24) is 9.97 Å². The van der Waals surface area contributed by atoms with Crippen LogP contribution in [0.5, 0.6) is 5.88 Å². The van der Waals surface area contributed by atoms with Crippen molar-refractivity contribution in [3.05, 3.63) is 67.9 Å². The van der Waals surface area contributed by atoms with E-state index in [1.54, 1.807) is 0 Å². The Bertz CT molecular complexity index is 1380. The van der Waals surface area contributed by atoms with Gasteiger partial charge in [-0.25, -0.2) is 23.3 Å². The number of nitrogens with one attached hydrogen (secondary N) is 1. The summed E-state index contributed by atoms with van der Waals surface area (Å²) in [5.74, 6) is -1.69. The largest absolute Gasteiger partial charge is 0.478 e. The Balaban J connectivity index is 1.68. The summed E-state index contributed by atoms with van der Waals surface area (Å²) in [7, 11) is -2.77. The Morgan fingerprint density at radius 2 is 1.36 bits per heavy atom. The summed E-state index contributed by atoms with van der Waals surface area (Å²) in [6.07, 6.45) is 2.63. The van der Waals surface area contributed by atoms with E-state index >= 15 is 0 Å². The zero-order chi connectivity index (χ0) is 24.1. The highest BCUT2D eigenvalue weighted by atomic mass is 35.5. The fraction of sp³-hybridized carbons (Fsp3) is 0.0526. The van der Waals surface area contributed by atoms with Gasteiger partial charge in [0.1, 0.15) is 0 Å². The molecule has 2 amide bonds. The van der Waals surface area contributed by atoms with Crippen molar-refractivity contribution in [1.29, 1.82) is 0 Å². The summed E-state index contributed by atoms with van der Waals surface area (Å²) in [5, 5.41) is -0.722. The van der Waals surface area contributed by atoms with E-state index in [4.69, 9.17) is 51.1 Å². The molecule has 0 atom stereocenters. The van der Waals surface area contributed by atoms with Crippen LogP contribution in [0.15, 0.2) is 41.6 Å². The van der Waals surface area contributed by atoms with Gasteiger partial charge in [-0.1, -0.05) is 46.4 Å². The van der Waals surface area contributed by atoms with Crippen molar-refractivity contribution in [2.45, 2.75) is 4.90 Å². The van der Waals surface area contributed by atoms with Crippen LogP contribution in [0.25, 0.3) is 0 Å². The Morgan fingerprint density at radius 3 is 1.88 bits per heavy atom. The van der Waals surface area contributed by atoms with Gasteiger partial charge in [-0.2, -0.15) is 0 Å². The van der Waals surface area contributed by atoms with E-state index in [9.17, 15) is 18.0 Å². The lowest BCUT2D eigenvalue weighted by Crippen LogP contribution is -2.29. The highest BCUT2D eigenvalue weighted by Gasteiger charge is 2.42. The molecule has 0 aliphatic carbocycles. The van der Waals surface area contributed by atoms with Crippen LogP contribution in [0.4, 0.5) is 11.5 Å². The number of carbonyl (C=O) groups is 2. The summed E-state index contributed by atoms with van der Waals surface area (Å²) in [6.45, 7) is 0. The van der Waals surface area contributed by atoms with Crippen LogP contribution >= 0.6 is 46.4 Å². The van der Waals surface area contributed by atoms with Crippen LogP contribution in [0.3, 0.4) is 0 Å². The number of sulfonamides is 1. The van der Waals surface area contributed by atoms with Crippen LogP contribution in [0, 0.1) is 0 Å². The summed E-state index contributed by atoms with van der Waals surface area (Å²) < 4.78 is 32.7. The minimum absolute atomic E-state index is 0.0187. The topological polar surface area (TPSA) is 119 Å². The average molecular weight is 548 g/mol. The van der Waals surface area contributed by atoms with Crippen LogP contribution in [0.1, 0.15) is 20.7 Å². The maximum Gasteiger partial charge on any atom is 0.267 e. The standard InChI is InChI=1S/C19H10Cl4N4O5S/c1-32-17-16(24-6-7-25-17)26-33(30,31)9-4-2-8(3-5-9)27-18(28)10-11(19(27)29)13(21)15(23)14(22)12(10)20/h2-7H,1H3,(H,24,26). The number of imide groups is 1. The first-order valence-electron chi connectivity index (χ1n) is 8.81. The first kappa shape index (κ1) is 23.5. The average Bonchev–Trinajstić information content (AvgIpc) is 3.06. The van der Waals surface area contributed by atoms with Crippen molar-refractivity contribution >= 4 is 79.7 Å². The molecule has 4 rings (SSSR count). The molecule has 0 bridgehead atoms. The van der Waals surface area contributed by atoms with Crippen molar-refractivity contribution in [3.63, 3.8) is 0 Å². The summed E-state index contributed by atoms with van der Waals surface area (Å²) in [6, 6.07) is 4.95. The molecular weight excluding hydrogens is 538 g/mol. The van der Waals surface area contributed by atoms with Crippen LogP contribution in [0.2, 0.25) is 20.1 Å². The third kappa shape index (κ3) is 3.87. The lowest BCUT2D eigenvalue weighted by atomic mass is 10.1. The Labute approximate surface area is 207 Å². The molecule has 3 aromatic rings. The van der Waals surface area contributed by atoms with Gasteiger partial charge in [0.25, 0.3) is 27.7 Å². The highest BCUT2D eigenvalue weighted by Crippen LogP contribution is 2.45. The molecule has 2 heterocycles. The summed E-state index contributed by atoms with van der Waals surface area (Å²) in [4.78, 5) is 34.3. The van der Waals surface area contributed by atoms with Gasteiger partial charge in [-0.05, 0) is 24.3 Å². The van der Waals surface area contributed by atoms with Crippen molar-refractivity contribution in [2.75, 3.05) is 16.7 Å². The number of methoxy groups -OCH3 is 1. The minimum Gasteiger partial charge on any atom is -0.478 e. The molecule has 1 aliphatic heterocycles. The first-order valence-corrected chi connectivity index (χ1v) is 11.8. The van der Waals surface area contributed by atoms with Gasteiger partial charge in [0.05, 0.1) is 48.9 Å². The molecule has 0 unspecified atom stereocenters. The molecule has 0 saturated carbocycles. The smallest absolute Gasteiger partial charge is 0.267 e. The van der Waals surface area contributed by atoms with E-state index < -0.39 is 21.8 Å². The molecule has 1 N–H and O–H groups in total. The summed E-state index contributed by atoms with van der Waals surface area (Å²) in [5.41, 5.74) is -0.292. The number of nitrogens with zero attached hydrogens (tertiary/aromatic N) is 3. The number of amides is 2. The molecule has 1 aliphatic rings. The van der Waals surface area contributed by atoms with Crippen molar-refractivity contribution in [3.8, 4) is 5.88 Å². The maximum atomic E-state index is 12.9. The zero-order valence-corrected chi connectivity index (χ0v) is 20.1. The lowest BCUT2D eigenvalue weighted by molar-refractivity contribution is 0.0926. The Kier molecular flexibility index (Phi) is 6.14. The fourth-order valence-electron chi connectivity index (χ4n) is 3.09. The van der Waals surface area contributed by atoms with E-state index in [-0.39, 0.29) is 53.5 Å². The summed E-state index contributed by atoms with van der Waals surface area (Å²) >= 11 is 24.3. The molecule has 2 aromatic carbocycles. The third-order valence-electron chi connectivity index (χ3n) is 4.60. The second kappa shape index (κ2) is 8.62. The molecule has 0 saturated heterocycles. The molecule has 1 aromatic heterocycles. The number of carbonyl (C=O) groups excluding carboxylic acids is 2. The van der Waals surface area contributed by atoms with E-state index in [1.807, 2.05) is 0 Å². The molecule has 0 radical (unpaired) electrons. The van der Waals surface area contributed by atoms with Gasteiger partial charge in [0.2, 0.25) is 5.82 Å². The maximum absolute atomic E-state index is 12.9. The molecule has 9 nitrogen and oxygen atoms in total. The van der Waals surface area contributed by atoms with E-state index in [2.05, 4.69) is 14.7 Å². The van der Waals surface area contributed by atoms with E-state index in [0.717, 1.165) is 4.90 Å². The van der Waals surface area contributed by atoms with Crippen LogP contribution < -0.4 is 14.4 Å². The second-order valence-electron chi connectivity index (χ2n) is 6.47. The van der Waals surface area contributed by atoms with E-state index in [0.29, 0.717) is 0 Å². The van der Waals surface area contributed by atoms with Crippen molar-refractivity contribution in [2.24, 2.45) is 0 Å². The quantitative estimate of drug-likeness (QED) is 0.279. The van der Waals surface area contributed by atoms with Gasteiger partial charge < -0.3 is 4.74 Å². The Hall–Kier alpha value is -2.63. The fourth-order valence-corrected chi connectivity index (χ4v) is 5.11. The number of hydrogen-bond acceptors (Lipinski definition) is 7. The predicted octanol–water partition coefficient (Wildman–Crippen LogP) is 4.70. The Morgan fingerprint density at radius 1 is 0.848 bits per heavy atom. The zero-order valence-electron chi connectivity index (χ0n) is 16.3. The van der Waals surface area contributed by atoms with Crippen LogP contribution in [-0.2, 0) is 10.0 Å². The molecule has 0 fully saturated rings. The predicted molar refractivity (Wildman–Crippen MR) is 123 cm³/mol. The first-order chi connectivity index (χ1) is 15.6. The lowest BCUT2D eigenvalue weighted by Gasteiger charge is -2.15. The van der Waals surface area contributed by atoms with Gasteiger partial charge in [0.15, 0.2) is 0 Å². The SMILES string of the molecule is COc1nccnc1NS(=O)(=O)c1ccc(N2C(=O)c3c(Cl)c(Cl)c(Cl)c(Cl)c3C2=O)cc1. The van der Waals surface area contributed by atoms with Crippen molar-refractivity contribution < 1.29 is 22.7 Å². The minimum atomic E-state index is -4.09. The highest BCUT2D eigenvalue weighted by molar-refractivity contribution is 7.92. The number of hydrogen-bond donors (Lipinski definition) is 1. The number of ether oxygens (including phenoxy) is 1. The molecule has 14 heteroatoms. The molecule has 33 heavy (non-hydrogen) atoms. The second-order valence-corrected chi connectivity index (χ2v) is 9.66. The van der Waals surface area contributed by atoms with Gasteiger partial charge in [-0.3, -0.25) is 14.3 Å². The number of halogens is 4. The van der Waals surface area contributed by atoms with Crippen LogP contribution in [-0.4, -0.2) is 37.3 Å². The normalized spacial score (nSPS) is 13.3. The van der Waals surface area contributed by atoms with Gasteiger partial charge >= 0.3 is 0 Å².